The van der Waals surface area contributed by atoms with Gasteiger partial charge in [-0.25, -0.2) is 0 Å². The van der Waals surface area contributed by atoms with Gasteiger partial charge in [0.05, 0.1) is 3.79 Å². The van der Waals surface area contributed by atoms with Gasteiger partial charge in [-0.3, -0.25) is 0 Å². The number of thiocarbonyl (C=S) groups is 1. The summed E-state index contributed by atoms with van der Waals surface area (Å²) in [5.41, 5.74) is 8.80. The van der Waals surface area contributed by atoms with Crippen molar-refractivity contribution in [1.29, 1.82) is 0 Å². The van der Waals surface area contributed by atoms with Gasteiger partial charge in [0.1, 0.15) is 4.99 Å². The lowest BCUT2D eigenvalue weighted by Crippen LogP contribution is -2.13. The molecule has 0 aliphatic heterocycles. The highest BCUT2D eigenvalue weighted by atomic mass is 79.9. The first-order chi connectivity index (χ1) is 8.56. The van der Waals surface area contributed by atoms with E-state index in [0.717, 1.165) is 21.6 Å². The first-order valence-corrected chi connectivity index (χ1v) is 7.46. The van der Waals surface area contributed by atoms with Crippen LogP contribution in [0.3, 0.4) is 0 Å². The first kappa shape index (κ1) is 13.5. The molecular weight excluding hydrogens is 328 g/mol. The van der Waals surface area contributed by atoms with E-state index in [1.54, 1.807) is 11.3 Å². The molecule has 0 amide bonds. The Hall–Kier alpha value is -0.910. The van der Waals surface area contributed by atoms with E-state index < -0.39 is 0 Å². The Morgan fingerprint density at radius 1 is 1.39 bits per heavy atom. The molecule has 1 aromatic heterocycles. The quantitative estimate of drug-likeness (QED) is 0.824. The minimum Gasteiger partial charge on any atom is -0.389 e. The van der Waals surface area contributed by atoms with Crippen LogP contribution in [-0.2, 0) is 6.54 Å². The van der Waals surface area contributed by atoms with Gasteiger partial charge in [0, 0.05) is 22.7 Å². The van der Waals surface area contributed by atoms with E-state index in [-0.39, 0.29) is 0 Å². The minimum absolute atomic E-state index is 0.421. The summed E-state index contributed by atoms with van der Waals surface area (Å²) < 4.78 is 1.14. The number of benzene rings is 1. The van der Waals surface area contributed by atoms with Crippen molar-refractivity contribution >= 4 is 50.2 Å². The molecule has 0 aliphatic carbocycles. The number of nitrogens with two attached hydrogens (primary N) is 1. The summed E-state index contributed by atoms with van der Waals surface area (Å²) in [5, 5.41) is 3.39. The molecule has 0 fully saturated rings. The van der Waals surface area contributed by atoms with Gasteiger partial charge >= 0.3 is 0 Å². The summed E-state index contributed by atoms with van der Waals surface area (Å²) in [6, 6.07) is 10.2. The summed E-state index contributed by atoms with van der Waals surface area (Å²) in [7, 11) is 0. The van der Waals surface area contributed by atoms with Crippen LogP contribution in [0.15, 0.2) is 34.1 Å². The van der Waals surface area contributed by atoms with Crippen LogP contribution in [0.1, 0.15) is 16.0 Å². The highest BCUT2D eigenvalue weighted by Gasteiger charge is 2.06. The lowest BCUT2D eigenvalue weighted by molar-refractivity contribution is 1.19. The van der Waals surface area contributed by atoms with Crippen molar-refractivity contribution in [3.8, 4) is 0 Å². The number of rotatable bonds is 4. The van der Waals surface area contributed by atoms with E-state index in [2.05, 4.69) is 40.3 Å². The van der Waals surface area contributed by atoms with Crippen LogP contribution in [-0.4, -0.2) is 4.99 Å². The number of halogens is 1. The Morgan fingerprint density at radius 3 is 2.78 bits per heavy atom. The van der Waals surface area contributed by atoms with Gasteiger partial charge in [0.25, 0.3) is 0 Å². The van der Waals surface area contributed by atoms with Crippen molar-refractivity contribution in [2.45, 2.75) is 13.5 Å². The summed E-state index contributed by atoms with van der Waals surface area (Å²) in [6.07, 6.45) is 0. The molecule has 2 aromatic rings. The van der Waals surface area contributed by atoms with Crippen LogP contribution in [0.5, 0.6) is 0 Å². The number of hydrogen-bond acceptors (Lipinski definition) is 3. The number of aryl methyl sites for hydroxylation is 1. The maximum Gasteiger partial charge on any atom is 0.106 e. The molecule has 2 nitrogen and oxygen atoms in total. The molecule has 0 radical (unpaired) electrons. The minimum atomic E-state index is 0.421. The third-order valence-electron chi connectivity index (χ3n) is 2.52. The Balaban J connectivity index is 2.17. The Labute approximate surface area is 124 Å². The van der Waals surface area contributed by atoms with Crippen LogP contribution in [0.4, 0.5) is 5.69 Å². The van der Waals surface area contributed by atoms with Crippen molar-refractivity contribution in [1.82, 2.24) is 0 Å². The summed E-state index contributed by atoms with van der Waals surface area (Å²) >= 11 is 10.2. The molecule has 2 rings (SSSR count). The second-order valence-corrected chi connectivity index (χ2v) is 6.96. The third kappa shape index (κ3) is 3.31. The predicted octanol–water partition coefficient (Wildman–Crippen LogP) is 4.07. The average molecular weight is 341 g/mol. The summed E-state index contributed by atoms with van der Waals surface area (Å²) in [4.78, 5) is 1.68. The number of thiophene rings is 1. The molecule has 3 N–H and O–H groups in total. The van der Waals surface area contributed by atoms with Gasteiger partial charge in [-0.15, -0.1) is 11.3 Å². The molecule has 1 aromatic carbocycles. The lowest BCUT2D eigenvalue weighted by Gasteiger charge is -2.11. The monoisotopic (exact) mass is 340 g/mol. The Morgan fingerprint density at radius 2 is 2.17 bits per heavy atom. The van der Waals surface area contributed by atoms with Crippen LogP contribution < -0.4 is 11.1 Å². The van der Waals surface area contributed by atoms with E-state index in [1.165, 1.54) is 10.4 Å². The van der Waals surface area contributed by atoms with Gasteiger partial charge < -0.3 is 11.1 Å². The van der Waals surface area contributed by atoms with Crippen molar-refractivity contribution < 1.29 is 0 Å². The Bertz CT molecular complexity index is 578. The highest BCUT2D eigenvalue weighted by molar-refractivity contribution is 9.11. The standard InChI is InChI=1S/C13H13BrN2S2/c1-8-2-4-10(13(15)17)11(6-8)16-7-9-3-5-12(14)18-9/h2-6,16H,7H2,1H3,(H2,15,17). The fraction of sp³-hybridized carbons (Fsp3) is 0.154. The van der Waals surface area contributed by atoms with Gasteiger partial charge in [-0.2, -0.15) is 0 Å². The average Bonchev–Trinajstić information content (AvgIpc) is 2.72. The molecule has 0 saturated carbocycles. The predicted molar refractivity (Wildman–Crippen MR) is 86.4 cm³/mol. The topological polar surface area (TPSA) is 38.0 Å². The molecule has 5 heteroatoms. The van der Waals surface area contributed by atoms with E-state index >= 15 is 0 Å². The van der Waals surface area contributed by atoms with Crippen molar-refractivity contribution in [2.75, 3.05) is 5.32 Å². The maximum atomic E-state index is 5.72. The zero-order chi connectivity index (χ0) is 13.1. The summed E-state index contributed by atoms with van der Waals surface area (Å²) in [5.74, 6) is 0. The second kappa shape index (κ2) is 5.82. The number of nitrogens with one attached hydrogen (secondary N) is 1. The molecule has 0 bridgehead atoms. The second-order valence-electron chi connectivity index (χ2n) is 3.97. The molecule has 0 atom stereocenters. The lowest BCUT2D eigenvalue weighted by atomic mass is 10.1. The Kier molecular flexibility index (Phi) is 4.37. The van der Waals surface area contributed by atoms with Crippen LogP contribution in [0.2, 0.25) is 0 Å². The molecule has 1 heterocycles. The van der Waals surface area contributed by atoms with Gasteiger partial charge in [0.2, 0.25) is 0 Å². The highest BCUT2D eigenvalue weighted by Crippen LogP contribution is 2.24. The molecule has 18 heavy (non-hydrogen) atoms. The smallest absolute Gasteiger partial charge is 0.106 e. The maximum absolute atomic E-state index is 5.72. The normalized spacial score (nSPS) is 10.3. The first-order valence-electron chi connectivity index (χ1n) is 5.45. The van der Waals surface area contributed by atoms with Crippen molar-refractivity contribution in [2.24, 2.45) is 5.73 Å². The van der Waals surface area contributed by atoms with E-state index in [0.29, 0.717) is 4.99 Å². The summed E-state index contributed by atoms with van der Waals surface area (Å²) in [6.45, 7) is 2.82. The molecule has 0 aliphatic rings. The number of anilines is 1. The van der Waals surface area contributed by atoms with Gasteiger partial charge in [-0.1, -0.05) is 18.3 Å². The molecule has 0 saturated heterocycles. The fourth-order valence-electron chi connectivity index (χ4n) is 1.65. The van der Waals surface area contributed by atoms with Gasteiger partial charge in [-0.05, 0) is 52.7 Å². The third-order valence-corrected chi connectivity index (χ3v) is 4.37. The molecule has 0 spiro atoms. The molecular formula is C13H13BrN2S2. The molecule has 94 valence electrons. The zero-order valence-corrected chi connectivity index (χ0v) is 13.1. The van der Waals surface area contributed by atoms with Crippen molar-refractivity contribution in [3.05, 3.63) is 50.1 Å². The van der Waals surface area contributed by atoms with Gasteiger partial charge in [0.15, 0.2) is 0 Å². The van der Waals surface area contributed by atoms with E-state index in [4.69, 9.17) is 18.0 Å². The molecule has 0 unspecified atom stereocenters. The van der Waals surface area contributed by atoms with Crippen molar-refractivity contribution in [3.63, 3.8) is 0 Å². The van der Waals surface area contributed by atoms with Crippen LogP contribution >= 0.6 is 39.5 Å². The van der Waals surface area contributed by atoms with Crippen LogP contribution in [0.25, 0.3) is 0 Å². The fourth-order valence-corrected chi connectivity index (χ4v) is 3.25. The number of hydrogen-bond donors (Lipinski definition) is 2. The zero-order valence-electron chi connectivity index (χ0n) is 9.87. The van der Waals surface area contributed by atoms with Crippen LogP contribution in [0, 0.1) is 6.92 Å². The largest absolute Gasteiger partial charge is 0.389 e. The van der Waals surface area contributed by atoms with E-state index in [9.17, 15) is 0 Å². The van der Waals surface area contributed by atoms with E-state index in [1.807, 2.05) is 18.2 Å². The SMILES string of the molecule is Cc1ccc(C(N)=S)c(NCc2ccc(Br)s2)c1.